The highest BCUT2D eigenvalue weighted by Crippen LogP contribution is 2.34. The smallest absolute Gasteiger partial charge is 0.162 e. The molecule has 4 heteroatoms. The first-order valence-corrected chi connectivity index (χ1v) is 9.82. The fraction of sp³-hybridized carbons (Fsp3) is 0.435. The van der Waals surface area contributed by atoms with Crippen molar-refractivity contribution in [3.8, 4) is 5.75 Å². The normalized spacial score (nSPS) is 19.6. The Balaban J connectivity index is 1.36. The Kier molecular flexibility index (Phi) is 6.99. The van der Waals surface area contributed by atoms with Crippen LogP contribution < -0.4 is 10.1 Å². The first kappa shape index (κ1) is 19.6. The summed E-state index contributed by atoms with van der Waals surface area (Å²) in [7, 11) is 1.71. The molecule has 2 aromatic carbocycles. The number of rotatable bonds is 8. The largest absolute Gasteiger partial charge is 0.497 e. The molecule has 0 radical (unpaired) electrons. The van der Waals surface area contributed by atoms with Gasteiger partial charge in [-0.1, -0.05) is 12.1 Å². The fourth-order valence-electron chi connectivity index (χ4n) is 3.86. The molecule has 0 aromatic heterocycles. The highest BCUT2D eigenvalue weighted by molar-refractivity contribution is 5.95. The predicted octanol–water partition coefficient (Wildman–Crippen LogP) is 5.11. The second kappa shape index (κ2) is 9.65. The molecule has 3 rings (SSSR count). The third kappa shape index (κ3) is 5.64. The predicted molar refractivity (Wildman–Crippen MR) is 106 cm³/mol. The van der Waals surface area contributed by atoms with E-state index in [-0.39, 0.29) is 11.6 Å². The zero-order valence-electron chi connectivity index (χ0n) is 15.9. The van der Waals surface area contributed by atoms with Crippen LogP contribution in [0.4, 0.5) is 4.39 Å². The second-order valence-electron chi connectivity index (χ2n) is 7.31. The van der Waals surface area contributed by atoms with Crippen LogP contribution in [0.25, 0.3) is 0 Å². The van der Waals surface area contributed by atoms with Crippen LogP contribution in [-0.4, -0.2) is 25.5 Å². The molecule has 0 atom stereocenters. The van der Waals surface area contributed by atoms with Crippen LogP contribution in [0.15, 0.2) is 48.5 Å². The number of ether oxygens (including phenoxy) is 1. The summed E-state index contributed by atoms with van der Waals surface area (Å²) in [6, 6.07) is 14.7. The standard InChI is InChI=1S/C23H28FNO2/c1-27-22-5-2-4-19(16-22)17-9-13-21(14-10-17)25-15-3-6-23(26)18-7-11-20(24)12-8-18/h2,4-5,7-8,11-12,16-17,21,25H,3,6,9-10,13-15H2,1H3. The summed E-state index contributed by atoms with van der Waals surface area (Å²) in [6.45, 7) is 0.849. The first-order chi connectivity index (χ1) is 13.2. The number of ketones is 1. The van der Waals surface area contributed by atoms with Gasteiger partial charge < -0.3 is 10.1 Å². The van der Waals surface area contributed by atoms with Gasteiger partial charge in [-0.3, -0.25) is 4.79 Å². The summed E-state index contributed by atoms with van der Waals surface area (Å²) in [5.74, 6) is 1.31. The van der Waals surface area contributed by atoms with Gasteiger partial charge >= 0.3 is 0 Å². The van der Waals surface area contributed by atoms with E-state index >= 15 is 0 Å². The lowest BCUT2D eigenvalue weighted by Crippen LogP contribution is -2.33. The molecule has 3 nitrogen and oxygen atoms in total. The van der Waals surface area contributed by atoms with Crippen molar-refractivity contribution in [2.75, 3.05) is 13.7 Å². The van der Waals surface area contributed by atoms with Gasteiger partial charge in [0, 0.05) is 18.0 Å². The molecule has 0 spiro atoms. The van der Waals surface area contributed by atoms with Gasteiger partial charge in [-0.05, 0) is 86.5 Å². The maximum atomic E-state index is 12.9. The van der Waals surface area contributed by atoms with Crippen molar-refractivity contribution in [3.63, 3.8) is 0 Å². The van der Waals surface area contributed by atoms with Gasteiger partial charge in [-0.15, -0.1) is 0 Å². The average molecular weight is 369 g/mol. The molecule has 144 valence electrons. The average Bonchev–Trinajstić information content (AvgIpc) is 2.72. The molecule has 1 aliphatic carbocycles. The number of carbonyl (C=O) groups is 1. The van der Waals surface area contributed by atoms with E-state index in [1.165, 1.54) is 30.5 Å². The maximum Gasteiger partial charge on any atom is 0.162 e. The van der Waals surface area contributed by atoms with Gasteiger partial charge in [-0.25, -0.2) is 4.39 Å². The first-order valence-electron chi connectivity index (χ1n) is 9.82. The number of carbonyl (C=O) groups excluding carboxylic acids is 1. The molecule has 0 heterocycles. The zero-order chi connectivity index (χ0) is 19.1. The van der Waals surface area contributed by atoms with Gasteiger partial charge in [0.05, 0.1) is 7.11 Å². The van der Waals surface area contributed by atoms with Crippen LogP contribution >= 0.6 is 0 Å². The van der Waals surface area contributed by atoms with Crippen LogP contribution in [0.3, 0.4) is 0 Å². The van der Waals surface area contributed by atoms with Gasteiger partial charge in [0.25, 0.3) is 0 Å². The third-order valence-electron chi connectivity index (χ3n) is 5.47. The summed E-state index contributed by atoms with van der Waals surface area (Å²) < 4.78 is 18.2. The minimum atomic E-state index is -0.308. The van der Waals surface area contributed by atoms with E-state index in [1.807, 2.05) is 6.07 Å². The monoisotopic (exact) mass is 369 g/mol. The highest BCUT2D eigenvalue weighted by Gasteiger charge is 2.22. The summed E-state index contributed by atoms with van der Waals surface area (Å²) >= 11 is 0. The van der Waals surface area contributed by atoms with Crippen molar-refractivity contribution in [2.24, 2.45) is 0 Å². The molecule has 1 saturated carbocycles. The lowest BCUT2D eigenvalue weighted by atomic mass is 9.81. The minimum Gasteiger partial charge on any atom is -0.497 e. The van der Waals surface area contributed by atoms with E-state index in [0.29, 0.717) is 23.9 Å². The van der Waals surface area contributed by atoms with E-state index in [4.69, 9.17) is 4.74 Å². The van der Waals surface area contributed by atoms with Gasteiger partial charge in [-0.2, -0.15) is 0 Å². The number of methoxy groups -OCH3 is 1. The Morgan fingerprint density at radius 2 is 1.85 bits per heavy atom. The summed E-state index contributed by atoms with van der Waals surface area (Å²) in [4.78, 5) is 12.1. The number of benzene rings is 2. The molecule has 0 amide bonds. The minimum absolute atomic E-state index is 0.0820. The van der Waals surface area contributed by atoms with Crippen LogP contribution in [-0.2, 0) is 0 Å². The third-order valence-corrected chi connectivity index (χ3v) is 5.47. The van der Waals surface area contributed by atoms with Gasteiger partial charge in [0.1, 0.15) is 11.6 Å². The van der Waals surface area contributed by atoms with Crippen molar-refractivity contribution >= 4 is 5.78 Å². The van der Waals surface area contributed by atoms with E-state index in [1.54, 1.807) is 19.2 Å². The molecule has 1 N–H and O–H groups in total. The summed E-state index contributed by atoms with van der Waals surface area (Å²) in [5.41, 5.74) is 1.97. The SMILES string of the molecule is COc1cccc(C2CCC(NCCCC(=O)c3ccc(F)cc3)CC2)c1. The Bertz CT molecular complexity index is 736. The molecule has 1 fully saturated rings. The zero-order valence-corrected chi connectivity index (χ0v) is 15.9. The molecule has 27 heavy (non-hydrogen) atoms. The van der Waals surface area contributed by atoms with E-state index in [9.17, 15) is 9.18 Å². The van der Waals surface area contributed by atoms with Crippen molar-refractivity contribution < 1.29 is 13.9 Å². The van der Waals surface area contributed by atoms with Crippen LogP contribution in [0.1, 0.15) is 60.4 Å². The van der Waals surface area contributed by atoms with Gasteiger partial charge in [0.15, 0.2) is 5.78 Å². The molecule has 0 bridgehead atoms. The van der Waals surface area contributed by atoms with Gasteiger partial charge in [0.2, 0.25) is 0 Å². The van der Waals surface area contributed by atoms with E-state index in [0.717, 1.165) is 31.6 Å². The van der Waals surface area contributed by atoms with Crippen molar-refractivity contribution in [2.45, 2.75) is 50.5 Å². The quantitative estimate of drug-likeness (QED) is 0.519. The molecule has 1 aliphatic rings. The molecular formula is C23H28FNO2. The lowest BCUT2D eigenvalue weighted by molar-refractivity contribution is 0.0979. The van der Waals surface area contributed by atoms with Crippen LogP contribution in [0.2, 0.25) is 0 Å². The second-order valence-corrected chi connectivity index (χ2v) is 7.31. The molecule has 0 aliphatic heterocycles. The molecule has 0 unspecified atom stereocenters. The Hall–Kier alpha value is -2.20. The van der Waals surface area contributed by atoms with E-state index < -0.39 is 0 Å². The van der Waals surface area contributed by atoms with Crippen LogP contribution in [0.5, 0.6) is 5.75 Å². The summed E-state index contributed by atoms with van der Waals surface area (Å²) in [6.07, 6.45) is 5.99. The number of hydrogen-bond donors (Lipinski definition) is 1. The van der Waals surface area contributed by atoms with Crippen molar-refractivity contribution in [3.05, 3.63) is 65.5 Å². The Labute approximate surface area is 160 Å². The fourth-order valence-corrected chi connectivity index (χ4v) is 3.86. The maximum absolute atomic E-state index is 12.9. The molecular weight excluding hydrogens is 341 g/mol. The summed E-state index contributed by atoms with van der Waals surface area (Å²) in [5, 5.41) is 3.60. The number of halogens is 1. The Morgan fingerprint density at radius 1 is 1.11 bits per heavy atom. The van der Waals surface area contributed by atoms with E-state index in [2.05, 4.69) is 23.5 Å². The molecule has 2 aromatic rings. The topological polar surface area (TPSA) is 38.3 Å². The highest BCUT2D eigenvalue weighted by atomic mass is 19.1. The number of hydrogen-bond acceptors (Lipinski definition) is 3. The van der Waals surface area contributed by atoms with Crippen molar-refractivity contribution in [1.29, 1.82) is 0 Å². The number of Topliss-reactive ketones (excluding diaryl/α,β-unsaturated/α-hetero) is 1. The van der Waals surface area contributed by atoms with Crippen LogP contribution in [0, 0.1) is 5.82 Å². The Morgan fingerprint density at radius 3 is 2.56 bits per heavy atom. The number of nitrogens with one attached hydrogen (secondary N) is 1. The van der Waals surface area contributed by atoms with Crippen molar-refractivity contribution in [1.82, 2.24) is 5.32 Å². The lowest BCUT2D eigenvalue weighted by Gasteiger charge is -2.29. The molecule has 0 saturated heterocycles.